The van der Waals surface area contributed by atoms with Gasteiger partial charge in [0.25, 0.3) is 0 Å². The molecule has 0 saturated heterocycles. The predicted octanol–water partition coefficient (Wildman–Crippen LogP) is -3.32. The van der Waals surface area contributed by atoms with Gasteiger partial charge in [0.15, 0.2) is 0 Å². The van der Waals surface area contributed by atoms with E-state index in [-0.39, 0.29) is 0 Å². The fourth-order valence-corrected chi connectivity index (χ4v) is 0. The molecule has 0 heterocycles. The van der Waals surface area contributed by atoms with Crippen LogP contribution in [-0.4, -0.2) is 58.6 Å². The number of hydrogen-bond acceptors (Lipinski definition) is 12. The van der Waals surface area contributed by atoms with Crippen LogP contribution in [0.4, 0.5) is 0 Å². The Morgan fingerprint density at radius 3 is 0.167 bits per heavy atom. The molecule has 0 radical (unpaired) electrons. The van der Waals surface area contributed by atoms with E-state index in [1.54, 1.807) is 0 Å². The molecule has 0 N–H and O–H groups in total. The zero-order valence-electron chi connectivity index (χ0n) is 16.1. The molecule has 228 valence electrons. The normalized spacial score (nSPS) is 4.33. The van der Waals surface area contributed by atoms with E-state index in [0.29, 0.717) is 58.6 Å². The Labute approximate surface area is 329 Å². The Bertz CT molecular complexity index is 276. The molecule has 0 unspecified atom stereocenters. The van der Waals surface area contributed by atoms with Gasteiger partial charge in [-0.2, -0.15) is 0 Å². The minimum absolute atomic E-state index is 0.680. The van der Waals surface area contributed by atoms with Gasteiger partial charge in [-0.25, -0.2) is 0 Å². The molecule has 0 rings (SSSR count). The molecule has 0 aliphatic rings. The van der Waals surface area contributed by atoms with Crippen LogP contribution in [0.2, 0.25) is 0 Å². The third-order valence-corrected chi connectivity index (χ3v) is 0. The third kappa shape index (κ3) is 4040. The van der Waals surface area contributed by atoms with E-state index in [9.17, 15) is 0 Å². The summed E-state index contributed by atoms with van der Waals surface area (Å²) in [5.74, 6) is 0. The summed E-state index contributed by atoms with van der Waals surface area (Å²) < 4.78 is 0. The van der Waals surface area contributed by atoms with Crippen LogP contribution in [0.5, 0.6) is 0 Å². The predicted molar refractivity (Wildman–Crippen MR) is 81.0 cm³/mol. The van der Waals surface area contributed by atoms with Crippen molar-refractivity contribution in [3.05, 3.63) is 0 Å². The summed E-state index contributed by atoms with van der Waals surface area (Å²) in [6.45, 7) is 0. The fraction of sp³-hybridized carbons (Fsp3) is 0. The fourth-order valence-electron chi connectivity index (χ4n) is 0. The number of carbonyl (C=O) groups excluding carboxylic acids is 12. The van der Waals surface area contributed by atoms with Gasteiger partial charge in [-0.1, -0.05) is 0 Å². The molecule has 0 aromatic rings. The molecule has 24 heteroatoms. The average Bonchev–Trinajstić information content (AvgIpc) is 2.75. The quantitative estimate of drug-likeness (QED) is 0.173. The summed E-state index contributed by atoms with van der Waals surface area (Å²) in [4.78, 5) is 113. The zero-order valence-corrected chi connectivity index (χ0v) is 36.9. The van der Waals surface area contributed by atoms with Crippen LogP contribution >= 0.6 is 0 Å². The molecular formula is C12H12O12Ru12. The summed E-state index contributed by atoms with van der Waals surface area (Å²) in [5.41, 5.74) is 0. The molecule has 0 fully saturated rings. The average molecular weight is 1560 g/mol. The second-order valence-corrected chi connectivity index (χ2v) is 5.92. The maximum atomic E-state index is 8.77. The van der Waals surface area contributed by atoms with Crippen molar-refractivity contribution in [1.82, 2.24) is 0 Å². The van der Waals surface area contributed by atoms with Crippen LogP contribution in [0.25, 0.3) is 0 Å². The second-order valence-electron chi connectivity index (χ2n) is 1.00. The van der Waals surface area contributed by atoms with E-state index >= 15 is 0 Å². The Morgan fingerprint density at radius 1 is 0.167 bits per heavy atom. The van der Waals surface area contributed by atoms with Crippen molar-refractivity contribution in [2.24, 2.45) is 0 Å². The van der Waals surface area contributed by atoms with Crippen molar-refractivity contribution in [3.63, 3.8) is 0 Å². The number of hydrogen-bond donors (Lipinski definition) is 0. The van der Waals surface area contributed by atoms with Crippen LogP contribution in [-0.2, 0) is 277 Å². The summed E-state index contributed by atoms with van der Waals surface area (Å²) in [7, 11) is 0. The maximum absolute atomic E-state index is 8.77. The molecular weight excluding hydrogens is 1550 g/mol. The summed E-state index contributed by atoms with van der Waals surface area (Å²) in [6, 6.07) is 0. The first kappa shape index (κ1) is 77.4. The summed E-state index contributed by atoms with van der Waals surface area (Å²) in [5, 5.41) is 0. The summed E-state index contributed by atoms with van der Waals surface area (Å²) in [6.07, 6.45) is 0. The zero-order chi connectivity index (χ0) is 32.5. The van der Waals surface area contributed by atoms with Crippen LogP contribution in [0, 0.1) is 0 Å². The molecule has 0 aromatic heterocycles. The van der Waals surface area contributed by atoms with E-state index in [1.165, 1.54) is 0 Å². The van der Waals surface area contributed by atoms with E-state index < -0.39 is 0 Å². The molecule has 0 aliphatic carbocycles. The van der Waals surface area contributed by atoms with Crippen molar-refractivity contribution >= 4 is 58.6 Å². The molecule has 0 aliphatic heterocycles. The topological polar surface area (TPSA) is 205 Å². The van der Waals surface area contributed by atoms with E-state index in [0.717, 1.165) is 0 Å². The van der Waals surface area contributed by atoms with E-state index in [4.69, 9.17) is 57.5 Å². The van der Waals surface area contributed by atoms with Crippen LogP contribution in [0.15, 0.2) is 0 Å². The summed E-state index contributed by atoms with van der Waals surface area (Å²) >= 11 is 21.9. The van der Waals surface area contributed by atoms with Gasteiger partial charge >= 0.3 is 336 Å². The van der Waals surface area contributed by atoms with Gasteiger partial charge in [-0.3, -0.25) is 0 Å². The van der Waals surface area contributed by atoms with Crippen molar-refractivity contribution in [2.75, 3.05) is 0 Å². The van der Waals surface area contributed by atoms with Gasteiger partial charge in [0.2, 0.25) is 0 Å². The van der Waals surface area contributed by atoms with Crippen LogP contribution < -0.4 is 0 Å². The molecule has 0 amide bonds. The van der Waals surface area contributed by atoms with Gasteiger partial charge in [-0.15, -0.1) is 0 Å². The van der Waals surface area contributed by atoms with Crippen LogP contribution in [0.1, 0.15) is 0 Å². The number of rotatable bonds is 0. The molecule has 0 atom stereocenters. The first-order valence-corrected chi connectivity index (χ1v) is 17.3. The molecule has 0 saturated carbocycles. The van der Waals surface area contributed by atoms with Gasteiger partial charge < -0.3 is 0 Å². The Morgan fingerprint density at radius 2 is 0.167 bits per heavy atom. The van der Waals surface area contributed by atoms with Gasteiger partial charge in [-0.05, 0) is 0 Å². The van der Waals surface area contributed by atoms with Gasteiger partial charge in [0, 0.05) is 0 Å². The SMILES string of the molecule is O=[CH][Ru].O=[CH][Ru].O=[CH][Ru].O=[CH][Ru].O=[CH][Ru].O=[CH][Ru].O=[CH][Ru].O=[CH][Ru].O=[CH][Ru].O=[CH][Ru].O=[CH][Ru].O=[CH][Ru]. The Kier molecular flexibility index (Phi) is 484. The van der Waals surface area contributed by atoms with Crippen molar-refractivity contribution in [2.45, 2.75) is 0 Å². The molecule has 12 nitrogen and oxygen atoms in total. The van der Waals surface area contributed by atoms with Crippen molar-refractivity contribution < 1.29 is 277 Å². The molecule has 0 spiro atoms. The first-order chi connectivity index (χ1) is 17.0. The van der Waals surface area contributed by atoms with E-state index in [1.807, 2.05) is 220 Å². The monoisotopic (exact) mass is 1570 g/mol. The van der Waals surface area contributed by atoms with Crippen molar-refractivity contribution in [1.29, 1.82) is 0 Å². The standard InChI is InChI=1S/12CHO.12Ru/c12*1-2;;;;;;;;;;;;/h12*1H;;;;;;;;;;;;. The molecule has 0 aromatic carbocycles. The first-order valence-electron chi connectivity index (χ1n) is 5.28. The Balaban J connectivity index is -0.0000000175. The van der Waals surface area contributed by atoms with Crippen LogP contribution in [0.3, 0.4) is 0 Å². The second kappa shape index (κ2) is 225. The molecule has 36 heavy (non-hydrogen) atoms. The van der Waals surface area contributed by atoms with Gasteiger partial charge in [0.1, 0.15) is 0 Å². The minimum atomic E-state index is 0.680. The van der Waals surface area contributed by atoms with Gasteiger partial charge in [0.05, 0.1) is 0 Å². The number of carbonyl (C=O) groups is 12. The van der Waals surface area contributed by atoms with E-state index in [2.05, 4.69) is 0 Å². The Hall–Kier alpha value is 3.52. The van der Waals surface area contributed by atoms with Crippen molar-refractivity contribution in [3.8, 4) is 0 Å². The molecule has 0 bridgehead atoms. The third-order valence-electron chi connectivity index (χ3n) is 0.